The highest BCUT2D eigenvalue weighted by atomic mass is 32.1. The molecule has 1 aromatic heterocycles. The quantitative estimate of drug-likeness (QED) is 0.649. The molecule has 0 saturated carbocycles. The number of rotatable bonds is 5. The fourth-order valence-electron chi connectivity index (χ4n) is 3.45. The van der Waals surface area contributed by atoms with Gasteiger partial charge in [0.25, 0.3) is 0 Å². The Kier molecular flexibility index (Phi) is 5.38. The lowest BCUT2D eigenvalue weighted by atomic mass is 9.93. The number of benzene rings is 2. The molecule has 146 valence electrons. The monoisotopic (exact) mass is 407 g/mol. The van der Waals surface area contributed by atoms with Gasteiger partial charge in [-0.2, -0.15) is 5.26 Å². The summed E-state index contributed by atoms with van der Waals surface area (Å²) in [7, 11) is 1.46. The van der Waals surface area contributed by atoms with Crippen LogP contribution in [-0.2, 0) is 19.4 Å². The minimum atomic E-state index is -0.452. The van der Waals surface area contributed by atoms with Crippen LogP contribution in [-0.4, -0.2) is 24.4 Å². The van der Waals surface area contributed by atoms with Crippen molar-refractivity contribution in [3.8, 4) is 22.9 Å². The molecule has 5 nitrogen and oxygen atoms in total. The number of ether oxygens (including phenoxy) is 1. The lowest BCUT2D eigenvalue weighted by molar-refractivity contribution is 0.0992. The molecule has 2 heterocycles. The van der Waals surface area contributed by atoms with E-state index in [0.29, 0.717) is 33.0 Å². The largest absolute Gasteiger partial charge is 0.497 e. The molecule has 2 aromatic carbocycles. The number of nitriles is 1. The average molecular weight is 407 g/mol. The second-order valence-electron chi connectivity index (χ2n) is 6.75. The van der Waals surface area contributed by atoms with Gasteiger partial charge in [-0.3, -0.25) is 4.79 Å². The third-order valence-electron chi connectivity index (χ3n) is 4.87. The van der Waals surface area contributed by atoms with Crippen LogP contribution < -0.4 is 10.1 Å². The van der Waals surface area contributed by atoms with Crippen molar-refractivity contribution < 1.29 is 13.9 Å². The van der Waals surface area contributed by atoms with Crippen LogP contribution in [0.5, 0.6) is 5.75 Å². The number of nitrogens with zero attached hydrogens (tertiary/aromatic N) is 2. The number of Topliss-reactive ketones (excluding diaryl/α,β-unsaturated/α-hetero) is 1. The summed E-state index contributed by atoms with van der Waals surface area (Å²) in [5.74, 6) is -0.200. The summed E-state index contributed by atoms with van der Waals surface area (Å²) in [5.41, 5.74) is 3.04. The van der Waals surface area contributed by atoms with Crippen LogP contribution in [0.1, 0.15) is 31.5 Å². The first-order valence-corrected chi connectivity index (χ1v) is 10.00. The van der Waals surface area contributed by atoms with E-state index < -0.39 is 5.82 Å². The fraction of sp³-hybridized carbons (Fsp3) is 0.227. The third-order valence-corrected chi connectivity index (χ3v) is 6.01. The number of fused-ring (bicyclic) bond motifs is 1. The Morgan fingerprint density at radius 3 is 3.00 bits per heavy atom. The molecule has 4 rings (SSSR count). The van der Waals surface area contributed by atoms with Crippen LogP contribution >= 0.6 is 11.3 Å². The number of nitrogens with one attached hydrogen (secondary N) is 1. The van der Waals surface area contributed by atoms with Gasteiger partial charge >= 0.3 is 0 Å². The van der Waals surface area contributed by atoms with Gasteiger partial charge < -0.3 is 10.1 Å². The molecule has 0 radical (unpaired) electrons. The Labute approximate surface area is 171 Å². The van der Waals surface area contributed by atoms with E-state index in [1.54, 1.807) is 24.3 Å². The molecular weight excluding hydrogens is 389 g/mol. The van der Waals surface area contributed by atoms with Crippen LogP contribution in [0.15, 0.2) is 36.4 Å². The van der Waals surface area contributed by atoms with E-state index in [1.165, 1.54) is 30.6 Å². The zero-order valence-corrected chi connectivity index (χ0v) is 16.6. The molecule has 1 N–H and O–H groups in total. The highest BCUT2D eigenvalue weighted by molar-refractivity contribution is 7.13. The summed E-state index contributed by atoms with van der Waals surface area (Å²) in [6.45, 7) is 1.60. The first-order chi connectivity index (χ1) is 14.1. The molecule has 0 amide bonds. The van der Waals surface area contributed by atoms with Crippen LogP contribution in [0.25, 0.3) is 11.1 Å². The van der Waals surface area contributed by atoms with Gasteiger partial charge in [-0.15, -0.1) is 11.3 Å². The second kappa shape index (κ2) is 8.11. The molecule has 1 aliphatic heterocycles. The molecule has 0 spiro atoms. The fourth-order valence-corrected chi connectivity index (χ4v) is 4.46. The van der Waals surface area contributed by atoms with E-state index in [9.17, 15) is 14.4 Å². The topological polar surface area (TPSA) is 75.0 Å². The smallest absolute Gasteiger partial charge is 0.195 e. The van der Waals surface area contributed by atoms with E-state index in [-0.39, 0.29) is 12.2 Å². The normalized spacial score (nSPS) is 12.9. The summed E-state index contributed by atoms with van der Waals surface area (Å²) in [6.07, 6.45) is 0.891. The van der Waals surface area contributed by atoms with Gasteiger partial charge in [-0.25, -0.2) is 9.37 Å². The Morgan fingerprint density at radius 1 is 1.38 bits per heavy atom. The van der Waals surface area contributed by atoms with Gasteiger partial charge in [0.05, 0.1) is 18.4 Å². The maximum Gasteiger partial charge on any atom is 0.195 e. The minimum absolute atomic E-state index is 0.0724. The van der Waals surface area contributed by atoms with Crippen molar-refractivity contribution in [2.45, 2.75) is 19.4 Å². The molecule has 0 unspecified atom stereocenters. The molecule has 3 aromatic rings. The van der Waals surface area contributed by atoms with Crippen LogP contribution in [0.2, 0.25) is 0 Å². The second-order valence-corrected chi connectivity index (χ2v) is 7.83. The van der Waals surface area contributed by atoms with Crippen molar-refractivity contribution in [3.63, 3.8) is 0 Å². The van der Waals surface area contributed by atoms with E-state index in [2.05, 4.69) is 16.4 Å². The Hall–Kier alpha value is -3.08. The maximum absolute atomic E-state index is 14.0. The third kappa shape index (κ3) is 3.90. The number of aromatic nitrogens is 1. The Bertz CT molecular complexity index is 1110. The first-order valence-electron chi connectivity index (χ1n) is 9.18. The molecule has 0 bridgehead atoms. The molecule has 0 aliphatic carbocycles. The Balaban J connectivity index is 1.68. The van der Waals surface area contributed by atoms with Crippen molar-refractivity contribution in [3.05, 3.63) is 68.9 Å². The molecule has 29 heavy (non-hydrogen) atoms. The van der Waals surface area contributed by atoms with E-state index in [1.807, 2.05) is 0 Å². The molecule has 0 atom stereocenters. The average Bonchev–Trinajstić information content (AvgIpc) is 3.17. The molecule has 0 saturated heterocycles. The molecule has 0 fully saturated rings. The maximum atomic E-state index is 14.0. The lowest BCUT2D eigenvalue weighted by Gasteiger charge is -2.10. The number of carbonyl (C=O) groups is 1. The van der Waals surface area contributed by atoms with E-state index >= 15 is 0 Å². The summed E-state index contributed by atoms with van der Waals surface area (Å²) >= 11 is 1.41. The van der Waals surface area contributed by atoms with Gasteiger partial charge in [-0.05, 0) is 28.8 Å². The lowest BCUT2D eigenvalue weighted by Crippen LogP contribution is -2.22. The standard InChI is InChI=1S/C22H18FN3O2S/c1-28-16-8-14(7-15(23)10-16)17-4-2-3-13(18(17)11-24)9-20(27)22-26-19-5-6-25-12-21(19)29-22/h2-4,7-8,10,25H,5-6,9,12H2,1H3. The van der Waals surface area contributed by atoms with Crippen molar-refractivity contribution in [2.24, 2.45) is 0 Å². The Morgan fingerprint density at radius 2 is 2.24 bits per heavy atom. The van der Waals surface area contributed by atoms with Crippen molar-refractivity contribution in [2.75, 3.05) is 13.7 Å². The number of halogens is 1. The van der Waals surface area contributed by atoms with E-state index in [4.69, 9.17) is 4.74 Å². The van der Waals surface area contributed by atoms with Gasteiger partial charge in [0.1, 0.15) is 17.6 Å². The van der Waals surface area contributed by atoms with Gasteiger partial charge in [0, 0.05) is 36.9 Å². The number of hydrogen-bond donors (Lipinski definition) is 1. The van der Waals surface area contributed by atoms with Gasteiger partial charge in [0.15, 0.2) is 10.8 Å². The summed E-state index contributed by atoms with van der Waals surface area (Å²) in [5, 5.41) is 13.5. The van der Waals surface area contributed by atoms with E-state index in [0.717, 1.165) is 30.1 Å². The van der Waals surface area contributed by atoms with Crippen LogP contribution in [0.4, 0.5) is 4.39 Å². The van der Waals surface area contributed by atoms with Crippen LogP contribution in [0.3, 0.4) is 0 Å². The predicted octanol–water partition coefficient (Wildman–Crippen LogP) is 3.90. The zero-order chi connectivity index (χ0) is 20.4. The predicted molar refractivity (Wildman–Crippen MR) is 109 cm³/mol. The number of ketones is 1. The van der Waals surface area contributed by atoms with Gasteiger partial charge in [-0.1, -0.05) is 18.2 Å². The number of methoxy groups -OCH3 is 1. The number of hydrogen-bond acceptors (Lipinski definition) is 6. The number of thiazole rings is 1. The summed E-state index contributed by atoms with van der Waals surface area (Å²) in [6, 6.07) is 11.8. The van der Waals surface area contributed by atoms with Gasteiger partial charge in [0.2, 0.25) is 0 Å². The zero-order valence-electron chi connectivity index (χ0n) is 15.8. The number of carbonyl (C=O) groups excluding carboxylic acids is 1. The molecule has 7 heteroatoms. The van der Waals surface area contributed by atoms with Crippen LogP contribution in [0, 0.1) is 17.1 Å². The first kappa shape index (κ1) is 19.2. The molecule has 1 aliphatic rings. The highest BCUT2D eigenvalue weighted by Crippen LogP contribution is 2.31. The van der Waals surface area contributed by atoms with Crippen molar-refractivity contribution in [1.82, 2.24) is 10.3 Å². The summed E-state index contributed by atoms with van der Waals surface area (Å²) < 4.78 is 19.1. The van der Waals surface area contributed by atoms with Crippen molar-refractivity contribution >= 4 is 17.1 Å². The minimum Gasteiger partial charge on any atom is -0.497 e. The SMILES string of the molecule is COc1cc(F)cc(-c2cccc(CC(=O)c3nc4c(s3)CNCC4)c2C#N)c1. The summed E-state index contributed by atoms with van der Waals surface area (Å²) in [4.78, 5) is 18.4. The van der Waals surface area contributed by atoms with Crippen molar-refractivity contribution in [1.29, 1.82) is 5.26 Å². The molecular formula is C22H18FN3O2S. The highest BCUT2D eigenvalue weighted by Gasteiger charge is 2.21.